The number of aryl methyl sites for hydroxylation is 1. The summed E-state index contributed by atoms with van der Waals surface area (Å²) in [5.74, 6) is 0.958. The highest BCUT2D eigenvalue weighted by atomic mass is 79.9. The minimum atomic E-state index is 0.0971. The molecule has 3 heteroatoms. The summed E-state index contributed by atoms with van der Waals surface area (Å²) in [5.41, 5.74) is 4.80. The molecule has 2 rings (SSSR count). The second-order valence-corrected chi connectivity index (χ2v) is 5.73. The fraction of sp³-hybridized carbons (Fsp3) is 0.294. The normalized spacial score (nSPS) is 12.2. The molecule has 0 saturated heterocycles. The number of halogens is 1. The first kappa shape index (κ1) is 15.1. The SMILES string of the molecule is CNC(c1ccccc1Br)c1ccc(C)c(C)c1OC. The standard InChI is InChI=1S/C17H20BrNO/c1-11-9-10-14(17(20-4)12(11)2)16(19-3)13-7-5-6-8-15(13)18/h5-10,16,19H,1-4H3. The summed E-state index contributed by atoms with van der Waals surface area (Å²) in [5, 5.41) is 3.39. The summed E-state index contributed by atoms with van der Waals surface area (Å²) < 4.78 is 6.74. The van der Waals surface area contributed by atoms with E-state index in [4.69, 9.17) is 4.74 Å². The van der Waals surface area contributed by atoms with Crippen molar-refractivity contribution in [3.05, 3.63) is 63.1 Å². The fourth-order valence-electron chi connectivity index (χ4n) is 2.50. The zero-order valence-corrected chi connectivity index (χ0v) is 13.9. The molecular formula is C17H20BrNO. The van der Waals surface area contributed by atoms with E-state index < -0.39 is 0 Å². The van der Waals surface area contributed by atoms with Crippen LogP contribution in [0.2, 0.25) is 0 Å². The fourth-order valence-corrected chi connectivity index (χ4v) is 3.01. The van der Waals surface area contributed by atoms with E-state index in [1.807, 2.05) is 13.1 Å². The van der Waals surface area contributed by atoms with Crippen molar-refractivity contribution >= 4 is 15.9 Å². The topological polar surface area (TPSA) is 21.3 Å². The van der Waals surface area contributed by atoms with Crippen molar-refractivity contribution in [2.45, 2.75) is 19.9 Å². The van der Waals surface area contributed by atoms with Gasteiger partial charge in [-0.1, -0.05) is 46.3 Å². The molecule has 0 aliphatic carbocycles. The molecule has 0 bridgehead atoms. The molecule has 1 N–H and O–H groups in total. The molecule has 0 aromatic heterocycles. The maximum absolute atomic E-state index is 5.65. The Hall–Kier alpha value is -1.32. The van der Waals surface area contributed by atoms with Crippen LogP contribution in [0.15, 0.2) is 40.9 Å². The van der Waals surface area contributed by atoms with E-state index in [1.165, 1.54) is 16.7 Å². The van der Waals surface area contributed by atoms with Gasteiger partial charge in [0.25, 0.3) is 0 Å². The number of methoxy groups -OCH3 is 1. The predicted molar refractivity (Wildman–Crippen MR) is 87.5 cm³/mol. The first-order valence-electron chi connectivity index (χ1n) is 6.66. The quantitative estimate of drug-likeness (QED) is 0.896. The molecule has 2 nitrogen and oxygen atoms in total. The van der Waals surface area contributed by atoms with E-state index in [-0.39, 0.29) is 6.04 Å². The molecule has 0 heterocycles. The van der Waals surface area contributed by atoms with Gasteiger partial charge in [0, 0.05) is 10.0 Å². The molecule has 0 radical (unpaired) electrons. The van der Waals surface area contributed by atoms with Gasteiger partial charge >= 0.3 is 0 Å². The third-order valence-corrected chi connectivity index (χ3v) is 4.45. The van der Waals surface area contributed by atoms with E-state index in [2.05, 4.69) is 65.4 Å². The molecule has 1 atom stereocenters. The average Bonchev–Trinajstić information content (AvgIpc) is 2.45. The zero-order chi connectivity index (χ0) is 14.7. The maximum Gasteiger partial charge on any atom is 0.127 e. The molecule has 0 spiro atoms. The van der Waals surface area contributed by atoms with Crippen LogP contribution in [-0.2, 0) is 0 Å². The minimum Gasteiger partial charge on any atom is -0.496 e. The largest absolute Gasteiger partial charge is 0.496 e. The Kier molecular flexibility index (Phi) is 4.84. The van der Waals surface area contributed by atoms with Gasteiger partial charge in [-0.25, -0.2) is 0 Å². The van der Waals surface area contributed by atoms with Crippen molar-refractivity contribution in [1.82, 2.24) is 5.32 Å². The van der Waals surface area contributed by atoms with Crippen molar-refractivity contribution in [3.63, 3.8) is 0 Å². The Balaban J connectivity index is 2.59. The zero-order valence-electron chi connectivity index (χ0n) is 12.3. The Morgan fingerprint density at radius 1 is 1.05 bits per heavy atom. The Labute approximate surface area is 129 Å². The lowest BCUT2D eigenvalue weighted by Crippen LogP contribution is -2.19. The Bertz CT molecular complexity index is 610. The van der Waals surface area contributed by atoms with Gasteiger partial charge in [0.05, 0.1) is 13.2 Å². The van der Waals surface area contributed by atoms with Crippen LogP contribution in [0.5, 0.6) is 5.75 Å². The van der Waals surface area contributed by atoms with Crippen LogP contribution >= 0.6 is 15.9 Å². The van der Waals surface area contributed by atoms with Crippen LogP contribution in [0.3, 0.4) is 0 Å². The number of hydrogen-bond donors (Lipinski definition) is 1. The monoisotopic (exact) mass is 333 g/mol. The lowest BCUT2D eigenvalue weighted by molar-refractivity contribution is 0.402. The van der Waals surface area contributed by atoms with Gasteiger partial charge in [-0.2, -0.15) is 0 Å². The van der Waals surface area contributed by atoms with Crippen LogP contribution < -0.4 is 10.1 Å². The number of nitrogens with one attached hydrogen (secondary N) is 1. The van der Waals surface area contributed by atoms with Crippen LogP contribution in [0, 0.1) is 13.8 Å². The van der Waals surface area contributed by atoms with Crippen molar-refractivity contribution in [1.29, 1.82) is 0 Å². The molecule has 0 aliphatic heterocycles. The molecule has 0 amide bonds. The molecule has 20 heavy (non-hydrogen) atoms. The Morgan fingerprint density at radius 3 is 2.35 bits per heavy atom. The summed E-state index contributed by atoms with van der Waals surface area (Å²) in [4.78, 5) is 0. The number of benzene rings is 2. The van der Waals surface area contributed by atoms with Crippen molar-refractivity contribution in [2.24, 2.45) is 0 Å². The van der Waals surface area contributed by atoms with Crippen LogP contribution in [-0.4, -0.2) is 14.2 Å². The molecule has 0 fully saturated rings. The molecule has 1 unspecified atom stereocenters. The summed E-state index contributed by atoms with van der Waals surface area (Å²) in [6.45, 7) is 4.21. The van der Waals surface area contributed by atoms with E-state index in [0.717, 1.165) is 15.8 Å². The lowest BCUT2D eigenvalue weighted by atomic mass is 9.94. The summed E-state index contributed by atoms with van der Waals surface area (Å²) in [7, 11) is 3.71. The highest BCUT2D eigenvalue weighted by molar-refractivity contribution is 9.10. The van der Waals surface area contributed by atoms with E-state index in [0.29, 0.717) is 0 Å². The van der Waals surface area contributed by atoms with Gasteiger partial charge in [-0.05, 0) is 43.7 Å². The Morgan fingerprint density at radius 2 is 1.75 bits per heavy atom. The minimum absolute atomic E-state index is 0.0971. The predicted octanol–water partition coefficient (Wildman–Crippen LogP) is 4.38. The highest BCUT2D eigenvalue weighted by Gasteiger charge is 2.20. The number of rotatable bonds is 4. The van der Waals surface area contributed by atoms with Crippen molar-refractivity contribution in [2.75, 3.05) is 14.2 Å². The summed E-state index contributed by atoms with van der Waals surface area (Å²) in [6, 6.07) is 12.7. The van der Waals surface area contributed by atoms with Gasteiger partial charge < -0.3 is 10.1 Å². The second-order valence-electron chi connectivity index (χ2n) is 4.87. The van der Waals surface area contributed by atoms with Crippen molar-refractivity contribution in [3.8, 4) is 5.75 Å². The smallest absolute Gasteiger partial charge is 0.127 e. The first-order valence-corrected chi connectivity index (χ1v) is 7.45. The lowest BCUT2D eigenvalue weighted by Gasteiger charge is -2.23. The van der Waals surface area contributed by atoms with E-state index in [1.54, 1.807) is 7.11 Å². The van der Waals surface area contributed by atoms with Crippen molar-refractivity contribution < 1.29 is 4.74 Å². The maximum atomic E-state index is 5.65. The van der Waals surface area contributed by atoms with Gasteiger partial charge in [-0.3, -0.25) is 0 Å². The van der Waals surface area contributed by atoms with Gasteiger partial charge in [-0.15, -0.1) is 0 Å². The summed E-state index contributed by atoms with van der Waals surface area (Å²) in [6.07, 6.45) is 0. The molecule has 0 saturated carbocycles. The van der Waals surface area contributed by atoms with E-state index >= 15 is 0 Å². The van der Waals surface area contributed by atoms with E-state index in [9.17, 15) is 0 Å². The van der Waals surface area contributed by atoms with Crippen LogP contribution in [0.1, 0.15) is 28.3 Å². The first-order chi connectivity index (χ1) is 9.60. The van der Waals surface area contributed by atoms with Gasteiger partial charge in [0.15, 0.2) is 0 Å². The summed E-state index contributed by atoms with van der Waals surface area (Å²) >= 11 is 3.63. The van der Waals surface area contributed by atoms with Gasteiger partial charge in [0.2, 0.25) is 0 Å². The third kappa shape index (κ3) is 2.74. The van der Waals surface area contributed by atoms with Gasteiger partial charge in [0.1, 0.15) is 5.75 Å². The number of ether oxygens (including phenoxy) is 1. The molecular weight excluding hydrogens is 314 g/mol. The average molecular weight is 334 g/mol. The third-order valence-electron chi connectivity index (χ3n) is 3.73. The molecule has 0 aliphatic rings. The van der Waals surface area contributed by atoms with Crippen LogP contribution in [0.25, 0.3) is 0 Å². The highest BCUT2D eigenvalue weighted by Crippen LogP contribution is 2.36. The molecule has 2 aromatic carbocycles. The molecule has 106 valence electrons. The number of hydrogen-bond acceptors (Lipinski definition) is 2. The van der Waals surface area contributed by atoms with Crippen LogP contribution in [0.4, 0.5) is 0 Å². The second kappa shape index (κ2) is 6.42. The molecule has 2 aromatic rings.